The molecule has 0 heterocycles. The number of carbonyl (C=O) groups excluding carboxylic acids is 4. The number of nitrogens with two attached hydrogens (primary N) is 1. The van der Waals surface area contributed by atoms with Crippen molar-refractivity contribution in [2.24, 2.45) is 5.73 Å². The Bertz CT molecular complexity index is 920. The number of primary amides is 1. The molecule has 0 saturated heterocycles. The maximum Gasteiger partial charge on any atom is 0.408 e. The van der Waals surface area contributed by atoms with Gasteiger partial charge in [0.1, 0.15) is 23.4 Å². The molecule has 1 aromatic carbocycles. The average molecular weight is 507 g/mol. The molecule has 4 amide bonds. The van der Waals surface area contributed by atoms with E-state index in [1.165, 1.54) is 17.0 Å². The van der Waals surface area contributed by atoms with Gasteiger partial charge in [0.15, 0.2) is 0 Å². The second-order valence-corrected chi connectivity index (χ2v) is 10.8. The number of nitrogens with one attached hydrogen (secondary N) is 2. The number of amides is 4. The number of phenols is 1. The van der Waals surface area contributed by atoms with Gasteiger partial charge < -0.3 is 31.1 Å². The van der Waals surface area contributed by atoms with E-state index in [1.54, 1.807) is 32.9 Å². The summed E-state index contributed by atoms with van der Waals surface area (Å²) < 4.78 is 5.27. The molecule has 10 nitrogen and oxygen atoms in total. The van der Waals surface area contributed by atoms with E-state index in [4.69, 9.17) is 10.5 Å². The standard InChI is InChI=1S/C26H42N4O6/c1-8-9-10-14-30(23(34)19(16-20(27)32)28-24(35)36-26(5,6)7)21(22(33)29-25(2,3)4)17-12-11-13-18(31)15-17/h11-13,15,19,21,31H,8-10,14,16H2,1-7H3,(H2,27,32)(H,28,35)(H,29,33). The lowest BCUT2D eigenvalue weighted by Gasteiger charge is -2.36. The molecule has 1 aromatic rings. The van der Waals surface area contributed by atoms with Crippen molar-refractivity contribution in [3.8, 4) is 5.75 Å². The normalized spacial score (nSPS) is 13.3. The monoisotopic (exact) mass is 506 g/mol. The van der Waals surface area contributed by atoms with Crippen LogP contribution in [0.15, 0.2) is 24.3 Å². The Morgan fingerprint density at radius 1 is 1.08 bits per heavy atom. The molecule has 2 atom stereocenters. The van der Waals surface area contributed by atoms with Crippen LogP contribution in [0.3, 0.4) is 0 Å². The lowest BCUT2D eigenvalue weighted by Crippen LogP contribution is -2.55. The highest BCUT2D eigenvalue weighted by atomic mass is 16.6. The minimum absolute atomic E-state index is 0.0671. The van der Waals surface area contributed by atoms with Crippen LogP contribution in [0.4, 0.5) is 4.79 Å². The molecule has 0 aliphatic rings. The molecule has 0 saturated carbocycles. The largest absolute Gasteiger partial charge is 0.508 e. The molecular formula is C26H42N4O6. The number of unbranched alkanes of at least 4 members (excludes halogenated alkanes) is 2. The van der Waals surface area contributed by atoms with Gasteiger partial charge in [-0.25, -0.2) is 4.79 Å². The van der Waals surface area contributed by atoms with E-state index in [2.05, 4.69) is 10.6 Å². The molecule has 0 aliphatic carbocycles. The van der Waals surface area contributed by atoms with Crippen molar-refractivity contribution in [1.82, 2.24) is 15.5 Å². The number of benzene rings is 1. The summed E-state index contributed by atoms with van der Waals surface area (Å²) in [6.45, 7) is 12.6. The number of phenolic OH excluding ortho intramolecular Hbond substituents is 1. The van der Waals surface area contributed by atoms with Crippen LogP contribution in [0.5, 0.6) is 5.75 Å². The summed E-state index contributed by atoms with van der Waals surface area (Å²) in [5.41, 5.74) is 4.34. The number of alkyl carbamates (subject to hydrolysis) is 1. The van der Waals surface area contributed by atoms with Crippen molar-refractivity contribution < 1.29 is 29.0 Å². The number of hydrogen-bond acceptors (Lipinski definition) is 6. The van der Waals surface area contributed by atoms with Crippen LogP contribution in [0, 0.1) is 0 Å². The first kappa shape index (κ1) is 30.7. The van der Waals surface area contributed by atoms with Gasteiger partial charge in [0, 0.05) is 12.1 Å². The van der Waals surface area contributed by atoms with E-state index in [-0.39, 0.29) is 12.3 Å². The highest BCUT2D eigenvalue weighted by Gasteiger charge is 2.37. The SMILES string of the molecule is CCCCCN(C(=O)C(CC(N)=O)NC(=O)OC(C)(C)C)C(C(=O)NC(C)(C)C)c1cccc(O)c1. The second kappa shape index (κ2) is 13.1. The van der Waals surface area contributed by atoms with Crippen LogP contribution >= 0.6 is 0 Å². The first-order valence-corrected chi connectivity index (χ1v) is 12.2. The fraction of sp³-hybridized carbons (Fsp3) is 0.615. The second-order valence-electron chi connectivity index (χ2n) is 10.8. The molecular weight excluding hydrogens is 464 g/mol. The molecule has 36 heavy (non-hydrogen) atoms. The van der Waals surface area contributed by atoms with Gasteiger partial charge in [0.2, 0.25) is 17.7 Å². The number of nitrogens with zero attached hydrogens (tertiary/aromatic N) is 1. The predicted molar refractivity (Wildman–Crippen MR) is 137 cm³/mol. The van der Waals surface area contributed by atoms with Gasteiger partial charge in [0.25, 0.3) is 0 Å². The summed E-state index contributed by atoms with van der Waals surface area (Å²) in [4.78, 5) is 53.0. The molecule has 0 spiro atoms. The fourth-order valence-corrected chi connectivity index (χ4v) is 3.56. The van der Waals surface area contributed by atoms with Crippen molar-refractivity contribution >= 4 is 23.8 Å². The van der Waals surface area contributed by atoms with Crippen molar-refractivity contribution in [3.63, 3.8) is 0 Å². The van der Waals surface area contributed by atoms with E-state index in [9.17, 15) is 24.3 Å². The Labute approximate surface area is 213 Å². The molecule has 202 valence electrons. The molecule has 0 radical (unpaired) electrons. The molecule has 0 fully saturated rings. The van der Waals surface area contributed by atoms with Gasteiger partial charge in [-0.05, 0) is 65.7 Å². The molecule has 5 N–H and O–H groups in total. The van der Waals surface area contributed by atoms with E-state index >= 15 is 0 Å². The molecule has 0 aromatic heterocycles. The van der Waals surface area contributed by atoms with Crippen molar-refractivity contribution in [2.45, 2.75) is 97.4 Å². The van der Waals surface area contributed by atoms with E-state index in [0.29, 0.717) is 12.0 Å². The summed E-state index contributed by atoms with van der Waals surface area (Å²) in [6, 6.07) is 3.62. The number of hydrogen-bond donors (Lipinski definition) is 4. The minimum Gasteiger partial charge on any atom is -0.508 e. The zero-order valence-corrected chi connectivity index (χ0v) is 22.5. The number of ether oxygens (including phenoxy) is 1. The summed E-state index contributed by atoms with van der Waals surface area (Å²) in [7, 11) is 0. The average Bonchev–Trinajstić information content (AvgIpc) is 2.69. The van der Waals surface area contributed by atoms with Crippen molar-refractivity contribution in [2.75, 3.05) is 6.54 Å². The lowest BCUT2D eigenvalue weighted by atomic mass is 9.99. The first-order valence-electron chi connectivity index (χ1n) is 12.2. The van der Waals surface area contributed by atoms with Crippen LogP contribution in [0.2, 0.25) is 0 Å². The molecule has 1 rings (SSSR count). The Kier molecular flexibility index (Phi) is 11.2. The van der Waals surface area contributed by atoms with E-state index < -0.39 is 53.5 Å². The summed E-state index contributed by atoms with van der Waals surface area (Å²) >= 11 is 0. The third-order valence-corrected chi connectivity index (χ3v) is 4.92. The highest BCUT2D eigenvalue weighted by molar-refractivity contribution is 5.94. The molecule has 0 aliphatic heterocycles. The Morgan fingerprint density at radius 2 is 1.72 bits per heavy atom. The Balaban J connectivity index is 3.52. The fourth-order valence-electron chi connectivity index (χ4n) is 3.56. The van der Waals surface area contributed by atoms with Crippen molar-refractivity contribution in [3.05, 3.63) is 29.8 Å². The zero-order valence-electron chi connectivity index (χ0n) is 22.5. The third-order valence-electron chi connectivity index (χ3n) is 4.92. The topological polar surface area (TPSA) is 151 Å². The van der Waals surface area contributed by atoms with Gasteiger partial charge in [-0.3, -0.25) is 14.4 Å². The predicted octanol–water partition coefficient (Wildman–Crippen LogP) is 3.14. The molecule has 0 bridgehead atoms. The van der Waals surface area contributed by atoms with Crippen LogP contribution in [-0.2, 0) is 19.1 Å². The maximum absolute atomic E-state index is 13.8. The molecule has 10 heteroatoms. The highest BCUT2D eigenvalue weighted by Crippen LogP contribution is 2.27. The third kappa shape index (κ3) is 11.0. The maximum atomic E-state index is 13.8. The lowest BCUT2D eigenvalue weighted by molar-refractivity contribution is -0.144. The quantitative estimate of drug-likeness (QED) is 0.339. The van der Waals surface area contributed by atoms with E-state index in [1.807, 2.05) is 27.7 Å². The number of aromatic hydroxyl groups is 1. The smallest absolute Gasteiger partial charge is 0.408 e. The zero-order chi connectivity index (χ0) is 27.7. The summed E-state index contributed by atoms with van der Waals surface area (Å²) in [5, 5.41) is 15.4. The summed E-state index contributed by atoms with van der Waals surface area (Å²) in [5.74, 6) is -1.99. The van der Waals surface area contributed by atoms with E-state index in [0.717, 1.165) is 12.8 Å². The van der Waals surface area contributed by atoms with Crippen LogP contribution in [0.25, 0.3) is 0 Å². The van der Waals surface area contributed by atoms with Crippen molar-refractivity contribution in [1.29, 1.82) is 0 Å². The van der Waals surface area contributed by atoms with Crippen LogP contribution < -0.4 is 16.4 Å². The minimum atomic E-state index is -1.35. The van der Waals surface area contributed by atoms with Gasteiger partial charge in [-0.1, -0.05) is 31.9 Å². The Morgan fingerprint density at radius 3 is 2.22 bits per heavy atom. The molecule has 2 unspecified atom stereocenters. The summed E-state index contributed by atoms with van der Waals surface area (Å²) in [6.07, 6.45) is 0.876. The first-order chi connectivity index (χ1) is 16.5. The van der Waals surface area contributed by atoms with Gasteiger partial charge >= 0.3 is 6.09 Å². The van der Waals surface area contributed by atoms with Gasteiger partial charge in [-0.15, -0.1) is 0 Å². The van der Waals surface area contributed by atoms with Crippen LogP contribution in [-0.4, -0.2) is 57.5 Å². The number of rotatable bonds is 11. The number of carbonyl (C=O) groups is 4. The van der Waals surface area contributed by atoms with Gasteiger partial charge in [-0.2, -0.15) is 0 Å². The Hall–Kier alpha value is -3.30. The van der Waals surface area contributed by atoms with Gasteiger partial charge in [0.05, 0.1) is 6.42 Å². The van der Waals surface area contributed by atoms with Crippen LogP contribution in [0.1, 0.15) is 85.8 Å².